The van der Waals surface area contributed by atoms with Crippen molar-refractivity contribution in [1.29, 1.82) is 0 Å². The van der Waals surface area contributed by atoms with Crippen LogP contribution in [0.3, 0.4) is 0 Å². The minimum absolute atomic E-state index is 0.0544. The van der Waals surface area contributed by atoms with Gasteiger partial charge in [-0.3, -0.25) is 4.79 Å². The van der Waals surface area contributed by atoms with Crippen LogP contribution in [0.5, 0.6) is 5.75 Å². The number of thioether (sulfide) groups is 1. The molecule has 0 aliphatic carbocycles. The summed E-state index contributed by atoms with van der Waals surface area (Å²) in [6.45, 7) is 6.18. The lowest BCUT2D eigenvalue weighted by Gasteiger charge is -2.09. The van der Waals surface area contributed by atoms with Crippen molar-refractivity contribution in [2.45, 2.75) is 32.6 Å². The van der Waals surface area contributed by atoms with Gasteiger partial charge in [0.25, 0.3) is 0 Å². The zero-order valence-electron chi connectivity index (χ0n) is 15.9. The third kappa shape index (κ3) is 7.35. The summed E-state index contributed by atoms with van der Waals surface area (Å²) in [5.41, 5.74) is 2.33. The highest BCUT2D eigenvalue weighted by Crippen LogP contribution is 2.17. The highest BCUT2D eigenvalue weighted by Gasteiger charge is 2.09. The molecule has 0 aliphatic rings. The molecule has 0 aromatic heterocycles. The van der Waals surface area contributed by atoms with Crippen molar-refractivity contribution in [3.05, 3.63) is 59.7 Å². The van der Waals surface area contributed by atoms with Crippen LogP contribution in [0.1, 0.15) is 36.7 Å². The van der Waals surface area contributed by atoms with Crippen molar-refractivity contribution in [3.8, 4) is 5.75 Å². The molecule has 27 heavy (non-hydrogen) atoms. The van der Waals surface area contributed by atoms with Gasteiger partial charge in [0.15, 0.2) is 0 Å². The Balaban J connectivity index is 1.75. The van der Waals surface area contributed by atoms with Crippen LogP contribution in [0.4, 0.5) is 5.69 Å². The third-order valence-corrected chi connectivity index (χ3v) is 4.49. The Morgan fingerprint density at radius 3 is 2.30 bits per heavy atom. The molecule has 0 saturated heterocycles. The molecule has 2 aromatic rings. The predicted molar refractivity (Wildman–Crippen MR) is 109 cm³/mol. The summed E-state index contributed by atoms with van der Waals surface area (Å²) in [4.78, 5) is 23.8. The largest absolute Gasteiger partial charge is 0.494 e. The standard InChI is InChI=1S/C21H25NO4S/c1-4-25-19-11-9-18(10-12-19)22-20(23)14-27-13-16-5-7-17(8-6-16)21(24)26-15(2)3/h5-12,15H,4,13-14H2,1-3H3,(H,22,23). The van der Waals surface area contributed by atoms with Gasteiger partial charge in [0.2, 0.25) is 5.91 Å². The molecule has 0 bridgehead atoms. The highest BCUT2D eigenvalue weighted by molar-refractivity contribution is 7.99. The number of hydrogen-bond donors (Lipinski definition) is 1. The second kappa shape index (κ2) is 10.6. The quantitative estimate of drug-likeness (QED) is 0.641. The third-order valence-electron chi connectivity index (χ3n) is 3.48. The summed E-state index contributed by atoms with van der Waals surface area (Å²) >= 11 is 1.52. The molecule has 5 nitrogen and oxygen atoms in total. The molecule has 0 heterocycles. The fourth-order valence-corrected chi connectivity index (χ4v) is 3.07. The summed E-state index contributed by atoms with van der Waals surface area (Å²) in [5, 5.41) is 2.86. The van der Waals surface area contributed by atoms with Crippen LogP contribution in [0.25, 0.3) is 0 Å². The van der Waals surface area contributed by atoms with E-state index in [2.05, 4.69) is 5.32 Å². The van der Waals surface area contributed by atoms with Crippen LogP contribution in [0.15, 0.2) is 48.5 Å². The van der Waals surface area contributed by atoms with Gasteiger partial charge in [0.05, 0.1) is 24.0 Å². The van der Waals surface area contributed by atoms with Crippen molar-refractivity contribution < 1.29 is 19.1 Å². The lowest BCUT2D eigenvalue weighted by Crippen LogP contribution is -2.14. The van der Waals surface area contributed by atoms with Crippen LogP contribution in [-0.4, -0.2) is 30.3 Å². The van der Waals surface area contributed by atoms with E-state index in [0.717, 1.165) is 17.0 Å². The molecule has 0 aliphatic heterocycles. The van der Waals surface area contributed by atoms with E-state index in [4.69, 9.17) is 9.47 Å². The number of hydrogen-bond acceptors (Lipinski definition) is 5. The zero-order valence-corrected chi connectivity index (χ0v) is 16.7. The van der Waals surface area contributed by atoms with Crippen LogP contribution in [-0.2, 0) is 15.3 Å². The van der Waals surface area contributed by atoms with E-state index in [0.29, 0.717) is 23.7 Å². The van der Waals surface area contributed by atoms with Crippen LogP contribution in [0.2, 0.25) is 0 Å². The minimum atomic E-state index is -0.320. The molecule has 0 spiro atoms. The monoisotopic (exact) mass is 387 g/mol. The Kier molecular flexibility index (Phi) is 8.20. The Morgan fingerprint density at radius 2 is 1.70 bits per heavy atom. The maximum absolute atomic E-state index is 12.0. The van der Waals surface area contributed by atoms with Crippen molar-refractivity contribution in [2.24, 2.45) is 0 Å². The van der Waals surface area contributed by atoms with E-state index in [1.807, 2.05) is 57.2 Å². The summed E-state index contributed by atoms with van der Waals surface area (Å²) in [6.07, 6.45) is -0.137. The molecule has 1 N–H and O–H groups in total. The number of carbonyl (C=O) groups excluding carboxylic acids is 2. The van der Waals surface area contributed by atoms with Gasteiger partial charge in [-0.2, -0.15) is 0 Å². The molecule has 0 fully saturated rings. The van der Waals surface area contributed by atoms with E-state index in [1.165, 1.54) is 11.8 Å². The second-order valence-electron chi connectivity index (χ2n) is 6.15. The highest BCUT2D eigenvalue weighted by atomic mass is 32.2. The normalized spacial score (nSPS) is 10.5. The Morgan fingerprint density at radius 1 is 1.04 bits per heavy atom. The molecular weight excluding hydrogens is 362 g/mol. The first kappa shape index (κ1) is 20.8. The van der Waals surface area contributed by atoms with Gasteiger partial charge in [-0.15, -0.1) is 11.8 Å². The van der Waals surface area contributed by atoms with Crippen molar-refractivity contribution in [3.63, 3.8) is 0 Å². The van der Waals surface area contributed by atoms with E-state index >= 15 is 0 Å². The summed E-state index contributed by atoms with van der Waals surface area (Å²) < 4.78 is 10.5. The van der Waals surface area contributed by atoms with E-state index in [1.54, 1.807) is 12.1 Å². The van der Waals surface area contributed by atoms with Crippen molar-refractivity contribution in [2.75, 3.05) is 17.7 Å². The summed E-state index contributed by atoms with van der Waals surface area (Å²) in [5.74, 6) is 1.45. The average Bonchev–Trinajstić information content (AvgIpc) is 2.63. The van der Waals surface area contributed by atoms with Crippen LogP contribution >= 0.6 is 11.8 Å². The molecule has 0 radical (unpaired) electrons. The second-order valence-corrected chi connectivity index (χ2v) is 7.13. The fraction of sp³-hybridized carbons (Fsp3) is 0.333. The number of amides is 1. The van der Waals surface area contributed by atoms with Crippen molar-refractivity contribution >= 4 is 29.3 Å². The molecule has 2 rings (SSSR count). The fourth-order valence-electron chi connectivity index (χ4n) is 2.28. The van der Waals surface area contributed by atoms with Gasteiger partial charge < -0.3 is 14.8 Å². The Hall–Kier alpha value is -2.47. The maximum Gasteiger partial charge on any atom is 0.338 e. The Labute approximate surface area is 164 Å². The first-order chi connectivity index (χ1) is 13.0. The van der Waals surface area contributed by atoms with Gasteiger partial charge in [-0.05, 0) is 62.7 Å². The summed E-state index contributed by atoms with van der Waals surface area (Å²) in [6, 6.07) is 14.6. The van der Waals surface area contributed by atoms with E-state index in [9.17, 15) is 9.59 Å². The molecular formula is C21H25NO4S. The molecule has 6 heteroatoms. The minimum Gasteiger partial charge on any atom is -0.494 e. The van der Waals surface area contributed by atoms with Gasteiger partial charge in [0.1, 0.15) is 5.75 Å². The van der Waals surface area contributed by atoms with Crippen molar-refractivity contribution in [1.82, 2.24) is 0 Å². The molecule has 144 valence electrons. The van der Waals surface area contributed by atoms with Crippen LogP contribution in [0, 0.1) is 0 Å². The van der Waals surface area contributed by atoms with Gasteiger partial charge >= 0.3 is 5.97 Å². The number of nitrogens with one attached hydrogen (secondary N) is 1. The van der Waals surface area contributed by atoms with Gasteiger partial charge in [-0.1, -0.05) is 12.1 Å². The Bertz CT molecular complexity index is 742. The number of esters is 1. The number of ether oxygens (including phenoxy) is 2. The van der Waals surface area contributed by atoms with Crippen LogP contribution < -0.4 is 10.1 Å². The van der Waals surface area contributed by atoms with E-state index < -0.39 is 0 Å². The molecule has 1 amide bonds. The molecule has 0 unspecified atom stereocenters. The topological polar surface area (TPSA) is 64.6 Å². The maximum atomic E-state index is 12.0. The predicted octanol–water partition coefficient (Wildman–Crippen LogP) is 4.52. The number of anilines is 1. The zero-order chi connectivity index (χ0) is 19.6. The van der Waals surface area contributed by atoms with E-state index in [-0.39, 0.29) is 18.0 Å². The summed E-state index contributed by atoms with van der Waals surface area (Å²) in [7, 11) is 0. The smallest absolute Gasteiger partial charge is 0.338 e. The first-order valence-electron chi connectivity index (χ1n) is 8.88. The SMILES string of the molecule is CCOc1ccc(NC(=O)CSCc2ccc(C(=O)OC(C)C)cc2)cc1. The lowest BCUT2D eigenvalue weighted by atomic mass is 10.1. The van der Waals surface area contributed by atoms with Gasteiger partial charge in [-0.25, -0.2) is 4.79 Å². The van der Waals surface area contributed by atoms with Gasteiger partial charge in [0, 0.05) is 11.4 Å². The molecule has 0 atom stereocenters. The number of rotatable bonds is 9. The molecule has 0 saturated carbocycles. The lowest BCUT2D eigenvalue weighted by molar-refractivity contribution is -0.113. The average molecular weight is 388 g/mol. The first-order valence-corrected chi connectivity index (χ1v) is 10.0. The molecule has 2 aromatic carbocycles. The number of benzene rings is 2. The number of carbonyl (C=O) groups is 2.